The Kier molecular flexibility index (Phi) is 40.0. The van der Waals surface area contributed by atoms with Crippen molar-refractivity contribution in [3.63, 3.8) is 0 Å². The van der Waals surface area contributed by atoms with Crippen LogP contribution in [0.4, 0.5) is 43.9 Å². The molecule has 35 heteroatoms. The van der Waals surface area contributed by atoms with Gasteiger partial charge in [0.05, 0.1) is 51.3 Å². The monoisotopic (exact) mass is 1760 g/mol. The minimum atomic E-state index is -4.06. The van der Waals surface area contributed by atoms with Gasteiger partial charge in [0.1, 0.15) is 5.69 Å². The third kappa shape index (κ3) is 29.3. The van der Waals surface area contributed by atoms with Gasteiger partial charge in [-0.15, -0.1) is 0 Å². The molecule has 9 heterocycles. The van der Waals surface area contributed by atoms with Gasteiger partial charge < -0.3 is 20.3 Å². The summed E-state index contributed by atoms with van der Waals surface area (Å²) in [5, 5.41) is 15.7. The number of fused-ring (bicyclic) bond motifs is 5. The number of esters is 2. The first kappa shape index (κ1) is 90.3. The zero-order valence-electron chi connectivity index (χ0n) is 51.3. The third-order valence-electron chi connectivity index (χ3n) is 12.5. The van der Waals surface area contributed by atoms with Crippen molar-refractivity contribution in [2.75, 3.05) is 26.3 Å². The topological polar surface area (TPSA) is 298 Å². The summed E-state index contributed by atoms with van der Waals surface area (Å²) >= 11 is 1.86. The van der Waals surface area contributed by atoms with Gasteiger partial charge >= 0.3 is 28.6 Å². The van der Waals surface area contributed by atoms with Crippen molar-refractivity contribution >= 4 is 97.6 Å². The summed E-state index contributed by atoms with van der Waals surface area (Å²) in [5.74, 6) is -18.1. The number of rotatable bonds is 17. The number of aliphatic hydroxyl groups excluding tert-OH is 1. The molecule has 1 aliphatic carbocycles. The number of carbonyl (C=O) groups excluding carboxylic acids is 4. The number of aliphatic hydroxyl groups is 1. The summed E-state index contributed by atoms with van der Waals surface area (Å²) in [6.07, 6.45) is 7.03. The summed E-state index contributed by atoms with van der Waals surface area (Å²) < 4.78 is 139. The van der Waals surface area contributed by atoms with Crippen molar-refractivity contribution in [1.82, 2.24) is 44.9 Å². The Hall–Kier alpha value is -6.71. The summed E-state index contributed by atoms with van der Waals surface area (Å²) in [4.78, 5) is 77.4. The van der Waals surface area contributed by atoms with E-state index in [4.69, 9.17) is 11.3 Å². The van der Waals surface area contributed by atoms with Crippen molar-refractivity contribution in [3.05, 3.63) is 184 Å². The summed E-state index contributed by atoms with van der Waals surface area (Å²) in [7, 11) is 0. The zero-order chi connectivity index (χ0) is 67.7. The molecule has 0 spiro atoms. The minimum Gasteiger partial charge on any atom is -0.462 e. The molecule has 1 radical (unpaired) electrons. The van der Waals surface area contributed by atoms with Gasteiger partial charge in [-0.25, -0.2) is 67.0 Å². The minimum absolute atomic E-state index is 0. The molecule has 0 saturated heterocycles. The average molecular weight is 1770 g/mol. The average Bonchev–Trinajstić information content (AvgIpc) is 0.799. The van der Waals surface area contributed by atoms with E-state index in [1.807, 2.05) is 40.2 Å². The van der Waals surface area contributed by atoms with Gasteiger partial charge in [-0.1, -0.05) is 18.6 Å². The first-order valence-electron chi connectivity index (χ1n) is 27.6. The maximum atomic E-state index is 13.7. The Labute approximate surface area is 616 Å². The van der Waals surface area contributed by atoms with Crippen LogP contribution in [0.15, 0.2) is 139 Å². The first-order valence-corrected chi connectivity index (χ1v) is 28.4. The second-order valence-electron chi connectivity index (χ2n) is 19.6. The number of hydrogen-bond acceptors (Lipinski definition) is 18. The molecule has 1 unspecified atom stereocenters. The van der Waals surface area contributed by atoms with E-state index in [9.17, 15) is 68.2 Å². The molecule has 517 valence electrons. The Balaban J connectivity index is -0.00000112. The number of ketones is 1. The smallest absolute Gasteiger partial charge is 0.380 e. The van der Waals surface area contributed by atoms with Crippen molar-refractivity contribution in [2.24, 2.45) is 10.8 Å². The molecular formula is C62H68BrF10N13O7SUVZn. The van der Waals surface area contributed by atoms with Crippen LogP contribution in [0.25, 0.3) is 54.6 Å². The van der Waals surface area contributed by atoms with Crippen LogP contribution in [0.2, 0.25) is 0 Å². The molecular weight excluding hydrogens is 1700 g/mol. The van der Waals surface area contributed by atoms with Crippen LogP contribution in [0.1, 0.15) is 94.5 Å². The van der Waals surface area contributed by atoms with Crippen LogP contribution in [0.3, 0.4) is 0 Å². The fourth-order valence-corrected chi connectivity index (χ4v) is 7.91. The molecule has 0 saturated carbocycles. The number of nitrogens with two attached hydrogens (primary N) is 1. The fourth-order valence-electron chi connectivity index (χ4n) is 7.91. The molecule has 9 aromatic heterocycles. The van der Waals surface area contributed by atoms with Crippen LogP contribution in [-0.4, -0.2) is 129 Å². The molecule has 0 amide bonds. The molecule has 10 rings (SSSR count). The van der Waals surface area contributed by atoms with Gasteiger partial charge in [-0.2, -0.15) is 39.8 Å². The van der Waals surface area contributed by atoms with Crippen LogP contribution in [0.5, 0.6) is 0 Å². The van der Waals surface area contributed by atoms with E-state index >= 15 is 0 Å². The van der Waals surface area contributed by atoms with E-state index in [1.165, 1.54) is 62.5 Å². The molecule has 20 nitrogen and oxygen atoms in total. The number of alkyl halides is 11. The van der Waals surface area contributed by atoms with Crippen molar-refractivity contribution < 1.29 is 150 Å². The molecule has 97 heavy (non-hydrogen) atoms. The Morgan fingerprint density at radius 2 is 1.07 bits per heavy atom. The zero-order valence-corrected chi connectivity index (χ0v) is 62.4. The first-order chi connectivity index (χ1) is 43.5. The number of aldehydes is 1. The maximum Gasteiger partial charge on any atom is 0.380 e. The molecule has 3 N–H and O–H groups in total. The van der Waals surface area contributed by atoms with E-state index in [1.54, 1.807) is 73.1 Å². The van der Waals surface area contributed by atoms with Gasteiger partial charge in [-0.3, -0.25) is 14.6 Å². The van der Waals surface area contributed by atoms with Gasteiger partial charge in [-0.05, 0) is 170 Å². The second kappa shape index (κ2) is 43.0. The number of nitrogens with zero attached hydrogens (tertiary/aromatic N) is 12. The number of pyridine rings is 9. The summed E-state index contributed by atoms with van der Waals surface area (Å²) in [5.41, 5.74) is 17.7. The van der Waals surface area contributed by atoms with E-state index in [-0.39, 0.29) is 135 Å². The second-order valence-corrected chi connectivity index (χ2v) is 20.6. The maximum absolute atomic E-state index is 13.7. The number of Topliss-reactive ketones (excluding diaryl/α,β-unsaturated/α-hetero) is 1. The van der Waals surface area contributed by atoms with Gasteiger partial charge in [0.2, 0.25) is 5.78 Å². The Morgan fingerprint density at radius 3 is 1.54 bits per heavy atom. The van der Waals surface area contributed by atoms with Crippen LogP contribution in [0, 0.1) is 31.1 Å². The van der Waals surface area contributed by atoms with E-state index < -0.39 is 78.3 Å². The van der Waals surface area contributed by atoms with Crippen LogP contribution < -0.4 is 5.73 Å². The molecule has 0 fully saturated rings. The van der Waals surface area contributed by atoms with Gasteiger partial charge in [0.15, 0.2) is 35.0 Å². The normalized spacial score (nSPS) is 11.8. The van der Waals surface area contributed by atoms with Gasteiger partial charge in [0, 0.05) is 153 Å². The standard InChI is InChI=1S/C13H12F2N2O3.C13H12F2N2O2.C12H16F2N2.C11H9F2N5.C9H6N2O.C3H3BrF2O.CH4.H2S.U.V.Zn.2H2/c1-2-20-12(19)13(14,15)10(18)9-6-5-8-4-3-7-16-11(8)17-9;1-2-19-12(18)13(14,15)8-10-6-5-9-4-3-7-16-11(9)17-10;13-12(14,8-15)7-10-6-5-9-3-1-2-4-11(9)16-10;12-11(13,7-16-18-14)6-9-4-3-8-2-1-5-15-10(8)17-9;12-6-8-4-3-7-2-1-5-10-9(7)11-8;1-2(7)3(4,5)6;;;;;;;/h3-7,10,18H,2H2,1H3;3-7H,2,8H2,1H3;5-6H,1-4,7-8,15H2;1-5H,6-7H2;1-6H;1H3;1H4;1H2;;;;2*1H/i;;;;;;;;;;;1+2;. The summed E-state index contributed by atoms with van der Waals surface area (Å²) in [6, 6.07) is 30.4. The van der Waals surface area contributed by atoms with Crippen molar-refractivity contribution in [1.29, 1.82) is 0 Å². The van der Waals surface area contributed by atoms with Gasteiger partial charge in [0.25, 0.3) is 11.8 Å². The molecule has 9 aromatic rings. The number of aryl methyl sites for hydroxylation is 2. The largest absolute Gasteiger partial charge is 0.462 e. The number of halogens is 11. The van der Waals surface area contributed by atoms with Crippen LogP contribution >= 0.6 is 29.4 Å². The third-order valence-corrected chi connectivity index (χ3v) is 13.0. The van der Waals surface area contributed by atoms with E-state index in [2.05, 4.69) is 64.4 Å². The predicted molar refractivity (Wildman–Crippen MR) is 343 cm³/mol. The molecule has 0 bridgehead atoms. The number of carbonyl (C=O) groups is 4. The Morgan fingerprint density at radius 1 is 0.660 bits per heavy atom. The summed E-state index contributed by atoms with van der Waals surface area (Å²) in [6.45, 7) is 1.92. The Bertz CT molecular complexity index is 4050. The quantitative estimate of drug-likeness (QED) is 0.0125. The fraction of sp³-hybridized carbons (Fsp3) is 0.339. The number of azide groups is 1. The molecule has 0 aliphatic heterocycles. The van der Waals surface area contributed by atoms with E-state index in [0.717, 1.165) is 48.0 Å². The number of ether oxygens (including phenoxy) is 2. The number of hydrogen-bond donors (Lipinski definition) is 2. The molecule has 1 atom stereocenters. The molecule has 1 aliphatic rings. The van der Waals surface area contributed by atoms with Crippen molar-refractivity contribution in [3.8, 4) is 0 Å². The van der Waals surface area contributed by atoms with Crippen LogP contribution in [-0.2, 0) is 94.0 Å². The SMILES string of the molecule is C.CC(=O)C(F)(F)Br.CCOC(=O)C(F)(F)C(O)c1ccc2cccnc2n1.CCOC(=O)C(F)(F)Cc1ccc2cccnc2n1.NCC(F)(F)Cc1ccc2c(n1)CCCC2.O=Cc1ccc2cccnc2n1.S.[3HH].[HH].[N-]=[N+]=NCC(F)(F)Cc1ccc2cccnc2n1.[U].[V].[Zn]. The molecule has 0 aromatic carbocycles. The number of aromatic nitrogens is 9. The predicted octanol–water partition coefficient (Wildman–Crippen LogP) is 13.7. The van der Waals surface area contributed by atoms with E-state index in [0.29, 0.717) is 40.0 Å². The van der Waals surface area contributed by atoms with Crippen molar-refractivity contribution in [2.45, 2.75) is 108 Å².